The van der Waals surface area contributed by atoms with Gasteiger partial charge >= 0.3 is 0 Å². The standard InChI is InChI=1S/C17H22N6O/c1-12-9-16(23-17(21-12)19-11-20-23)18-10-15(22(2)3)13-5-7-14(24-4)8-6-13/h5-9,11,15,18H,10H2,1-4H3/t15-/m1/s1. The highest BCUT2D eigenvalue weighted by molar-refractivity contribution is 5.45. The van der Waals surface area contributed by atoms with Crippen LogP contribution >= 0.6 is 0 Å². The number of ether oxygens (including phenoxy) is 1. The molecule has 0 aliphatic heterocycles. The average molecular weight is 326 g/mol. The summed E-state index contributed by atoms with van der Waals surface area (Å²) in [5.74, 6) is 2.34. The first-order valence-electron chi connectivity index (χ1n) is 7.80. The van der Waals surface area contributed by atoms with Crippen LogP contribution in [0.4, 0.5) is 5.82 Å². The molecule has 3 aromatic rings. The van der Waals surface area contributed by atoms with Crippen molar-refractivity contribution in [3.63, 3.8) is 0 Å². The molecule has 0 spiro atoms. The lowest BCUT2D eigenvalue weighted by molar-refractivity contribution is 0.311. The number of likely N-dealkylation sites (N-methyl/N-ethyl adjacent to an activating group) is 1. The molecule has 0 unspecified atom stereocenters. The zero-order valence-electron chi connectivity index (χ0n) is 14.4. The highest BCUT2D eigenvalue weighted by Crippen LogP contribution is 2.22. The number of nitrogens with one attached hydrogen (secondary N) is 1. The molecule has 2 aromatic heterocycles. The van der Waals surface area contributed by atoms with Crippen molar-refractivity contribution in [2.45, 2.75) is 13.0 Å². The SMILES string of the molecule is COc1ccc([C@@H](CNc2cc(C)nc3ncnn23)N(C)C)cc1. The molecule has 1 atom stereocenters. The lowest BCUT2D eigenvalue weighted by Gasteiger charge is -2.25. The lowest BCUT2D eigenvalue weighted by atomic mass is 10.1. The van der Waals surface area contributed by atoms with Crippen LogP contribution in [0.2, 0.25) is 0 Å². The average Bonchev–Trinajstić information content (AvgIpc) is 3.03. The predicted molar refractivity (Wildman–Crippen MR) is 93.4 cm³/mol. The molecule has 0 aliphatic carbocycles. The summed E-state index contributed by atoms with van der Waals surface area (Å²) >= 11 is 0. The summed E-state index contributed by atoms with van der Waals surface area (Å²) in [6, 6.07) is 10.3. The van der Waals surface area contributed by atoms with E-state index in [1.165, 1.54) is 11.9 Å². The molecule has 126 valence electrons. The van der Waals surface area contributed by atoms with Crippen LogP contribution in [0.15, 0.2) is 36.7 Å². The molecule has 0 fully saturated rings. The van der Waals surface area contributed by atoms with E-state index in [1.54, 1.807) is 11.6 Å². The molecule has 0 bridgehead atoms. The topological polar surface area (TPSA) is 67.6 Å². The first-order chi connectivity index (χ1) is 11.6. The zero-order chi connectivity index (χ0) is 17.1. The maximum absolute atomic E-state index is 5.24. The minimum Gasteiger partial charge on any atom is -0.497 e. The lowest BCUT2D eigenvalue weighted by Crippen LogP contribution is -2.27. The van der Waals surface area contributed by atoms with Crippen molar-refractivity contribution in [1.82, 2.24) is 24.5 Å². The third-order valence-electron chi connectivity index (χ3n) is 3.98. The first-order valence-corrected chi connectivity index (χ1v) is 7.80. The Morgan fingerprint density at radius 2 is 2.00 bits per heavy atom. The highest BCUT2D eigenvalue weighted by atomic mass is 16.5. The Labute approximate surface area is 141 Å². The molecular weight excluding hydrogens is 304 g/mol. The van der Waals surface area contributed by atoms with Crippen LogP contribution in [0.5, 0.6) is 5.75 Å². The molecule has 0 saturated carbocycles. The van der Waals surface area contributed by atoms with Crippen LogP contribution in [0.25, 0.3) is 5.78 Å². The molecular formula is C17H22N6O. The van der Waals surface area contributed by atoms with Crippen LogP contribution < -0.4 is 10.1 Å². The third-order valence-corrected chi connectivity index (χ3v) is 3.98. The van der Waals surface area contributed by atoms with Crippen molar-refractivity contribution in [3.8, 4) is 5.75 Å². The smallest absolute Gasteiger partial charge is 0.254 e. The number of fused-ring (bicyclic) bond motifs is 1. The largest absolute Gasteiger partial charge is 0.497 e. The summed E-state index contributed by atoms with van der Waals surface area (Å²) in [7, 11) is 5.81. The van der Waals surface area contributed by atoms with Gasteiger partial charge in [-0.05, 0) is 38.7 Å². The Morgan fingerprint density at radius 1 is 1.25 bits per heavy atom. The van der Waals surface area contributed by atoms with Gasteiger partial charge in [-0.2, -0.15) is 14.6 Å². The quantitative estimate of drug-likeness (QED) is 0.749. The normalized spacial score (nSPS) is 12.5. The Morgan fingerprint density at radius 3 is 2.67 bits per heavy atom. The second-order valence-electron chi connectivity index (χ2n) is 5.89. The van der Waals surface area contributed by atoms with E-state index in [4.69, 9.17) is 4.74 Å². The van der Waals surface area contributed by atoms with Gasteiger partial charge in [-0.25, -0.2) is 4.98 Å². The molecule has 0 aliphatic rings. The Balaban J connectivity index is 1.81. The van der Waals surface area contributed by atoms with Gasteiger partial charge in [-0.3, -0.25) is 0 Å². The van der Waals surface area contributed by atoms with Crippen molar-refractivity contribution in [2.24, 2.45) is 0 Å². The fraction of sp³-hybridized carbons (Fsp3) is 0.353. The van der Waals surface area contributed by atoms with Crippen molar-refractivity contribution in [2.75, 3.05) is 33.1 Å². The van der Waals surface area contributed by atoms with Crippen LogP contribution in [-0.4, -0.2) is 52.2 Å². The minimum atomic E-state index is 0.211. The number of aryl methyl sites for hydroxylation is 1. The van der Waals surface area contributed by atoms with Crippen molar-refractivity contribution in [3.05, 3.63) is 47.9 Å². The van der Waals surface area contributed by atoms with E-state index >= 15 is 0 Å². The molecule has 7 nitrogen and oxygen atoms in total. The minimum absolute atomic E-state index is 0.211. The van der Waals surface area contributed by atoms with Crippen molar-refractivity contribution < 1.29 is 4.74 Å². The summed E-state index contributed by atoms with van der Waals surface area (Å²) in [6.45, 7) is 2.69. The van der Waals surface area contributed by atoms with Gasteiger partial charge in [-0.1, -0.05) is 12.1 Å². The summed E-state index contributed by atoms with van der Waals surface area (Å²) in [4.78, 5) is 10.7. The number of hydrogen-bond acceptors (Lipinski definition) is 6. The van der Waals surface area contributed by atoms with E-state index in [0.29, 0.717) is 5.78 Å². The maximum Gasteiger partial charge on any atom is 0.254 e. The van der Waals surface area contributed by atoms with Crippen LogP contribution in [0, 0.1) is 6.92 Å². The van der Waals surface area contributed by atoms with Gasteiger partial charge < -0.3 is 15.0 Å². The van der Waals surface area contributed by atoms with E-state index in [-0.39, 0.29) is 6.04 Å². The number of benzene rings is 1. The molecule has 1 N–H and O–H groups in total. The molecule has 2 heterocycles. The van der Waals surface area contributed by atoms with Gasteiger partial charge in [0.2, 0.25) is 0 Å². The van der Waals surface area contributed by atoms with Gasteiger partial charge in [0.1, 0.15) is 17.9 Å². The van der Waals surface area contributed by atoms with Gasteiger partial charge in [0.15, 0.2) is 0 Å². The molecule has 3 rings (SSSR count). The third kappa shape index (κ3) is 3.30. The maximum atomic E-state index is 5.24. The van der Waals surface area contributed by atoms with E-state index in [0.717, 1.165) is 23.8 Å². The fourth-order valence-corrected chi connectivity index (χ4v) is 2.68. The highest BCUT2D eigenvalue weighted by Gasteiger charge is 2.15. The van der Waals surface area contributed by atoms with Crippen molar-refractivity contribution >= 4 is 11.6 Å². The van der Waals surface area contributed by atoms with Crippen molar-refractivity contribution in [1.29, 1.82) is 0 Å². The van der Waals surface area contributed by atoms with E-state index in [2.05, 4.69) is 51.5 Å². The van der Waals surface area contributed by atoms with Crippen LogP contribution in [0.1, 0.15) is 17.3 Å². The summed E-state index contributed by atoms with van der Waals surface area (Å²) in [5.41, 5.74) is 2.12. The van der Waals surface area contributed by atoms with Gasteiger partial charge in [0.05, 0.1) is 13.2 Å². The monoisotopic (exact) mass is 326 g/mol. The van der Waals surface area contributed by atoms with E-state index in [9.17, 15) is 0 Å². The van der Waals surface area contributed by atoms with Gasteiger partial charge in [-0.15, -0.1) is 0 Å². The Kier molecular flexibility index (Phi) is 4.61. The molecule has 0 saturated heterocycles. The molecule has 7 heteroatoms. The van der Waals surface area contributed by atoms with E-state index in [1.807, 2.05) is 25.1 Å². The van der Waals surface area contributed by atoms with Crippen LogP contribution in [-0.2, 0) is 0 Å². The Hall–Kier alpha value is -2.67. The molecule has 1 aromatic carbocycles. The Bertz CT molecular complexity index is 812. The van der Waals surface area contributed by atoms with E-state index < -0.39 is 0 Å². The number of nitrogens with zero attached hydrogens (tertiary/aromatic N) is 5. The van der Waals surface area contributed by atoms with Gasteiger partial charge in [0, 0.05) is 18.3 Å². The fourth-order valence-electron chi connectivity index (χ4n) is 2.68. The summed E-state index contributed by atoms with van der Waals surface area (Å²) in [5, 5.41) is 7.70. The number of rotatable bonds is 6. The first kappa shape index (κ1) is 16.2. The number of anilines is 1. The molecule has 0 radical (unpaired) electrons. The number of hydrogen-bond donors (Lipinski definition) is 1. The van der Waals surface area contributed by atoms with Crippen LogP contribution in [0.3, 0.4) is 0 Å². The van der Waals surface area contributed by atoms with Gasteiger partial charge in [0.25, 0.3) is 5.78 Å². The summed E-state index contributed by atoms with van der Waals surface area (Å²) in [6.07, 6.45) is 1.51. The summed E-state index contributed by atoms with van der Waals surface area (Å²) < 4.78 is 6.95. The molecule has 0 amide bonds. The molecule has 24 heavy (non-hydrogen) atoms. The number of aromatic nitrogens is 4. The predicted octanol–water partition coefficient (Wildman–Crippen LogP) is 2.16. The second kappa shape index (κ2) is 6.84. The number of methoxy groups -OCH3 is 1. The second-order valence-corrected chi connectivity index (χ2v) is 5.89. The zero-order valence-corrected chi connectivity index (χ0v) is 14.4.